The lowest BCUT2D eigenvalue weighted by Crippen LogP contribution is -2.45. The third-order valence-electron chi connectivity index (χ3n) is 4.60. The van der Waals surface area contributed by atoms with Crippen molar-refractivity contribution in [2.75, 3.05) is 26.2 Å². The van der Waals surface area contributed by atoms with Crippen molar-refractivity contribution >= 4 is 5.91 Å². The first-order valence-corrected chi connectivity index (χ1v) is 8.83. The summed E-state index contributed by atoms with van der Waals surface area (Å²) in [4.78, 5) is 14.4. The van der Waals surface area contributed by atoms with E-state index in [9.17, 15) is 4.79 Å². The fourth-order valence-electron chi connectivity index (χ4n) is 2.89. The fraction of sp³-hybridized carbons (Fsp3) is 0.632. The molecule has 0 aromatic heterocycles. The number of nitrogens with one attached hydrogen (secondary N) is 1. The van der Waals surface area contributed by atoms with Crippen LogP contribution in [0.3, 0.4) is 0 Å². The molecule has 1 N–H and O–H groups in total. The van der Waals surface area contributed by atoms with Crippen LogP contribution in [0.4, 0.5) is 0 Å². The van der Waals surface area contributed by atoms with Crippen molar-refractivity contribution in [2.45, 2.75) is 45.6 Å². The van der Waals surface area contributed by atoms with Crippen LogP contribution in [0.1, 0.15) is 39.5 Å². The molecule has 1 aliphatic rings. The van der Waals surface area contributed by atoms with Crippen LogP contribution in [0.15, 0.2) is 30.3 Å². The molecule has 4 nitrogen and oxygen atoms in total. The summed E-state index contributed by atoms with van der Waals surface area (Å²) < 4.78 is 5.60. The van der Waals surface area contributed by atoms with Crippen molar-refractivity contribution in [1.29, 1.82) is 0 Å². The normalized spacial score (nSPS) is 17.7. The molecule has 1 aliphatic heterocycles. The maximum atomic E-state index is 11.9. The number of rotatable bonds is 8. The third-order valence-corrected chi connectivity index (χ3v) is 4.60. The molecule has 0 spiro atoms. The Labute approximate surface area is 140 Å². The number of carbonyl (C=O) groups excluding carboxylic acids is 1. The highest BCUT2D eigenvalue weighted by molar-refractivity contribution is 5.75. The molecule has 128 valence electrons. The first-order valence-electron chi connectivity index (χ1n) is 8.83. The van der Waals surface area contributed by atoms with Gasteiger partial charge in [0.15, 0.2) is 0 Å². The number of para-hydroxylation sites is 1. The summed E-state index contributed by atoms with van der Waals surface area (Å²) in [6, 6.07) is 10.1. The highest BCUT2D eigenvalue weighted by atomic mass is 16.5. The average Bonchev–Trinajstić information content (AvgIpc) is 2.58. The van der Waals surface area contributed by atoms with Gasteiger partial charge in [-0.1, -0.05) is 25.1 Å². The van der Waals surface area contributed by atoms with Crippen molar-refractivity contribution in [2.24, 2.45) is 5.92 Å². The number of hydrogen-bond donors (Lipinski definition) is 1. The molecule has 0 radical (unpaired) electrons. The lowest BCUT2D eigenvalue weighted by molar-refractivity contribution is -0.121. The van der Waals surface area contributed by atoms with Crippen molar-refractivity contribution in [3.05, 3.63) is 30.3 Å². The molecular weight excluding hydrogens is 288 g/mol. The highest BCUT2D eigenvalue weighted by Gasteiger charge is 2.20. The number of carbonyl (C=O) groups is 1. The average molecular weight is 318 g/mol. The molecule has 0 saturated carbocycles. The van der Waals surface area contributed by atoms with E-state index in [1.165, 1.54) is 12.8 Å². The molecule has 0 bridgehead atoms. The summed E-state index contributed by atoms with van der Waals surface area (Å²) in [5.74, 6) is 1.83. The molecule has 23 heavy (non-hydrogen) atoms. The molecule has 1 aromatic carbocycles. The molecule has 0 aliphatic carbocycles. The zero-order valence-corrected chi connectivity index (χ0v) is 14.5. The summed E-state index contributed by atoms with van der Waals surface area (Å²) in [7, 11) is 0. The molecule has 1 heterocycles. The lowest BCUT2D eigenvalue weighted by Gasteiger charge is -2.35. The standard InChI is InChI=1S/C19H30N2O2/c1-16-10-12-21(13-11-16)17(2)15-20-19(22)9-6-14-23-18-7-4-3-5-8-18/h3-5,7-8,16-17H,6,9-15H2,1-2H3,(H,20,22). The van der Waals surface area contributed by atoms with Gasteiger partial charge in [-0.2, -0.15) is 0 Å². The minimum absolute atomic E-state index is 0.124. The zero-order valence-electron chi connectivity index (χ0n) is 14.5. The Morgan fingerprint density at radius 1 is 1.30 bits per heavy atom. The SMILES string of the molecule is CC1CCN(C(C)CNC(=O)CCCOc2ccccc2)CC1. The van der Waals surface area contributed by atoms with Gasteiger partial charge in [0.05, 0.1) is 6.61 Å². The topological polar surface area (TPSA) is 41.6 Å². The summed E-state index contributed by atoms with van der Waals surface area (Å²) in [5.41, 5.74) is 0. The van der Waals surface area contributed by atoms with Crippen LogP contribution >= 0.6 is 0 Å². The molecule has 4 heteroatoms. The van der Waals surface area contributed by atoms with E-state index in [1.807, 2.05) is 30.3 Å². The molecule has 1 saturated heterocycles. The summed E-state index contributed by atoms with van der Waals surface area (Å²) in [6.07, 6.45) is 3.82. The maximum Gasteiger partial charge on any atom is 0.220 e. The van der Waals surface area contributed by atoms with E-state index in [-0.39, 0.29) is 5.91 Å². The Morgan fingerprint density at radius 2 is 2.00 bits per heavy atom. The van der Waals surface area contributed by atoms with Crippen molar-refractivity contribution in [1.82, 2.24) is 10.2 Å². The van der Waals surface area contributed by atoms with Gasteiger partial charge in [-0.25, -0.2) is 0 Å². The van der Waals surface area contributed by atoms with Gasteiger partial charge in [-0.15, -0.1) is 0 Å². The minimum Gasteiger partial charge on any atom is -0.494 e. The van der Waals surface area contributed by atoms with Crippen molar-refractivity contribution < 1.29 is 9.53 Å². The maximum absolute atomic E-state index is 11.9. The van der Waals surface area contributed by atoms with Gasteiger partial charge in [0, 0.05) is 19.0 Å². The monoisotopic (exact) mass is 318 g/mol. The predicted molar refractivity (Wildman–Crippen MR) is 93.6 cm³/mol. The lowest BCUT2D eigenvalue weighted by atomic mass is 9.98. The Bertz CT molecular complexity index is 456. The van der Waals surface area contributed by atoms with Gasteiger partial charge in [0.1, 0.15) is 5.75 Å². The number of hydrogen-bond acceptors (Lipinski definition) is 3. The molecule has 1 aromatic rings. The Kier molecular flexibility index (Phi) is 7.40. The van der Waals surface area contributed by atoms with Gasteiger partial charge in [-0.05, 0) is 57.3 Å². The smallest absolute Gasteiger partial charge is 0.220 e. The highest BCUT2D eigenvalue weighted by Crippen LogP contribution is 2.17. The first-order chi connectivity index (χ1) is 11.1. The fourth-order valence-corrected chi connectivity index (χ4v) is 2.89. The second-order valence-electron chi connectivity index (χ2n) is 6.64. The number of ether oxygens (including phenoxy) is 1. The number of likely N-dealkylation sites (tertiary alicyclic amines) is 1. The van der Waals surface area contributed by atoms with Crippen molar-refractivity contribution in [3.8, 4) is 5.75 Å². The van der Waals surface area contributed by atoms with Gasteiger partial charge < -0.3 is 10.1 Å². The number of nitrogens with zero attached hydrogens (tertiary/aromatic N) is 1. The van der Waals surface area contributed by atoms with Gasteiger partial charge in [-0.3, -0.25) is 9.69 Å². The van der Waals surface area contributed by atoms with E-state index in [0.29, 0.717) is 19.1 Å². The third kappa shape index (κ3) is 6.61. The van der Waals surface area contributed by atoms with E-state index in [1.54, 1.807) is 0 Å². The second kappa shape index (κ2) is 9.56. The molecule has 1 atom stereocenters. The van der Waals surface area contributed by atoms with Crippen LogP contribution in [-0.2, 0) is 4.79 Å². The zero-order chi connectivity index (χ0) is 16.5. The number of piperidine rings is 1. The molecule has 2 rings (SSSR count). The van der Waals surface area contributed by atoms with E-state index < -0.39 is 0 Å². The first kappa shape index (κ1) is 17.8. The van der Waals surface area contributed by atoms with Crippen LogP contribution in [0.2, 0.25) is 0 Å². The van der Waals surface area contributed by atoms with Crippen LogP contribution in [0.25, 0.3) is 0 Å². The molecule has 1 unspecified atom stereocenters. The Hall–Kier alpha value is -1.55. The summed E-state index contributed by atoms with van der Waals surface area (Å²) in [6.45, 7) is 8.16. The van der Waals surface area contributed by atoms with Crippen LogP contribution < -0.4 is 10.1 Å². The van der Waals surface area contributed by atoms with E-state index >= 15 is 0 Å². The molecule has 1 fully saturated rings. The Balaban J connectivity index is 1.54. The molecular formula is C19H30N2O2. The second-order valence-corrected chi connectivity index (χ2v) is 6.64. The van der Waals surface area contributed by atoms with Crippen LogP contribution in [0.5, 0.6) is 5.75 Å². The van der Waals surface area contributed by atoms with Gasteiger partial charge in [0.25, 0.3) is 0 Å². The van der Waals surface area contributed by atoms with Crippen molar-refractivity contribution in [3.63, 3.8) is 0 Å². The Morgan fingerprint density at radius 3 is 2.70 bits per heavy atom. The predicted octanol–water partition coefficient (Wildman–Crippen LogP) is 3.08. The van der Waals surface area contributed by atoms with E-state index in [2.05, 4.69) is 24.1 Å². The van der Waals surface area contributed by atoms with Crippen LogP contribution in [-0.4, -0.2) is 43.1 Å². The summed E-state index contributed by atoms with van der Waals surface area (Å²) >= 11 is 0. The van der Waals surface area contributed by atoms with Crippen LogP contribution in [0, 0.1) is 5.92 Å². The quantitative estimate of drug-likeness (QED) is 0.749. The largest absolute Gasteiger partial charge is 0.494 e. The molecule has 1 amide bonds. The number of benzene rings is 1. The van der Waals surface area contributed by atoms with E-state index in [4.69, 9.17) is 4.74 Å². The van der Waals surface area contributed by atoms with E-state index in [0.717, 1.165) is 37.7 Å². The van der Waals surface area contributed by atoms with Gasteiger partial charge in [0.2, 0.25) is 5.91 Å². The summed E-state index contributed by atoms with van der Waals surface area (Å²) in [5, 5.41) is 3.05. The van der Waals surface area contributed by atoms with Gasteiger partial charge >= 0.3 is 0 Å². The number of amides is 1. The minimum atomic E-state index is 0.124.